The summed E-state index contributed by atoms with van der Waals surface area (Å²) in [7, 11) is 0. The second-order valence-corrected chi connectivity index (χ2v) is 9.22. The standard InChI is InChI=1S/C27H29F2N5O2/c1-2-34-24-8-9-33(25(35)16-19-14-20(28)17-21(29)15-19)18-23(24)26(30-34)27(36)32-12-10-31(11-13-32)22-6-4-3-5-7-22/h3-7,14-15,17H,2,8-13,16,18H2,1H3. The highest BCUT2D eigenvalue weighted by atomic mass is 19.1. The van der Waals surface area contributed by atoms with Crippen LogP contribution in [0, 0.1) is 11.6 Å². The number of fused-ring (bicyclic) bond motifs is 1. The van der Waals surface area contributed by atoms with Crippen molar-refractivity contribution < 1.29 is 18.4 Å². The highest BCUT2D eigenvalue weighted by molar-refractivity contribution is 5.94. The van der Waals surface area contributed by atoms with Crippen molar-refractivity contribution in [3.63, 3.8) is 0 Å². The third-order valence-corrected chi connectivity index (χ3v) is 6.95. The van der Waals surface area contributed by atoms with Crippen molar-refractivity contribution in [3.05, 3.63) is 82.7 Å². The number of amides is 2. The first-order valence-electron chi connectivity index (χ1n) is 12.3. The number of aryl methyl sites for hydroxylation is 1. The number of nitrogens with zero attached hydrogens (tertiary/aromatic N) is 5. The van der Waals surface area contributed by atoms with Crippen molar-refractivity contribution in [1.29, 1.82) is 0 Å². The van der Waals surface area contributed by atoms with Crippen molar-refractivity contribution in [1.82, 2.24) is 19.6 Å². The van der Waals surface area contributed by atoms with E-state index in [9.17, 15) is 18.4 Å². The number of carbonyl (C=O) groups excluding carboxylic acids is 2. The smallest absolute Gasteiger partial charge is 0.274 e. The predicted octanol–water partition coefficient (Wildman–Crippen LogP) is 3.27. The second kappa shape index (κ2) is 10.1. The Balaban J connectivity index is 1.30. The Labute approximate surface area is 208 Å². The maximum Gasteiger partial charge on any atom is 0.274 e. The molecule has 2 aromatic carbocycles. The quantitative estimate of drug-likeness (QED) is 0.548. The van der Waals surface area contributed by atoms with E-state index in [0.717, 1.165) is 36.1 Å². The third-order valence-electron chi connectivity index (χ3n) is 6.95. The fraction of sp³-hybridized carbons (Fsp3) is 0.370. The summed E-state index contributed by atoms with van der Waals surface area (Å²) in [5.41, 5.74) is 3.58. The third kappa shape index (κ3) is 4.82. The van der Waals surface area contributed by atoms with Gasteiger partial charge in [0.15, 0.2) is 5.69 Å². The number of piperazine rings is 1. The van der Waals surface area contributed by atoms with Crippen LogP contribution in [0.1, 0.15) is 34.2 Å². The molecule has 0 bridgehead atoms. The number of aromatic nitrogens is 2. The van der Waals surface area contributed by atoms with E-state index in [2.05, 4.69) is 22.1 Å². The Morgan fingerprint density at radius 3 is 2.28 bits per heavy atom. The molecule has 5 rings (SSSR count). The summed E-state index contributed by atoms with van der Waals surface area (Å²) >= 11 is 0. The number of anilines is 1. The number of hydrogen-bond donors (Lipinski definition) is 0. The van der Waals surface area contributed by atoms with Gasteiger partial charge >= 0.3 is 0 Å². The van der Waals surface area contributed by atoms with E-state index in [0.29, 0.717) is 43.9 Å². The molecule has 188 valence electrons. The molecule has 7 nitrogen and oxygen atoms in total. The first kappa shape index (κ1) is 24.0. The van der Waals surface area contributed by atoms with Crippen LogP contribution in [-0.2, 0) is 30.7 Å². The molecule has 0 atom stereocenters. The van der Waals surface area contributed by atoms with Crippen LogP contribution in [0.2, 0.25) is 0 Å². The van der Waals surface area contributed by atoms with Gasteiger partial charge in [0.2, 0.25) is 5.91 Å². The number of halogens is 2. The minimum absolute atomic E-state index is 0.101. The molecule has 2 aliphatic rings. The lowest BCUT2D eigenvalue weighted by molar-refractivity contribution is -0.131. The molecule has 0 unspecified atom stereocenters. The van der Waals surface area contributed by atoms with Crippen molar-refractivity contribution in [2.24, 2.45) is 0 Å². The van der Waals surface area contributed by atoms with E-state index in [4.69, 9.17) is 0 Å². The van der Waals surface area contributed by atoms with Gasteiger partial charge in [-0.3, -0.25) is 14.3 Å². The summed E-state index contributed by atoms with van der Waals surface area (Å²) in [5, 5.41) is 4.64. The van der Waals surface area contributed by atoms with Gasteiger partial charge in [0.25, 0.3) is 5.91 Å². The highest BCUT2D eigenvalue weighted by Gasteiger charge is 2.32. The Hall–Kier alpha value is -3.75. The number of para-hydroxylation sites is 1. The first-order chi connectivity index (χ1) is 17.4. The molecule has 0 N–H and O–H groups in total. The minimum atomic E-state index is -0.705. The van der Waals surface area contributed by atoms with E-state index in [1.54, 1.807) is 4.90 Å². The molecule has 3 heterocycles. The van der Waals surface area contributed by atoms with Gasteiger partial charge in [-0.25, -0.2) is 8.78 Å². The largest absolute Gasteiger partial charge is 0.368 e. The molecular weight excluding hydrogens is 464 g/mol. The summed E-state index contributed by atoms with van der Waals surface area (Å²) in [6.07, 6.45) is 0.477. The highest BCUT2D eigenvalue weighted by Crippen LogP contribution is 2.26. The zero-order valence-corrected chi connectivity index (χ0v) is 20.3. The summed E-state index contributed by atoms with van der Waals surface area (Å²) in [4.78, 5) is 32.3. The number of benzene rings is 2. The lowest BCUT2D eigenvalue weighted by Crippen LogP contribution is -2.49. The normalized spacial score (nSPS) is 15.7. The van der Waals surface area contributed by atoms with Crippen molar-refractivity contribution in [2.45, 2.75) is 32.9 Å². The van der Waals surface area contributed by atoms with Crippen LogP contribution < -0.4 is 4.90 Å². The molecular formula is C27H29F2N5O2. The SMILES string of the molecule is CCn1nc(C(=O)N2CCN(c3ccccc3)CC2)c2c1CCN(C(=O)Cc1cc(F)cc(F)c1)C2. The van der Waals surface area contributed by atoms with Gasteiger partial charge in [-0.2, -0.15) is 5.10 Å². The number of carbonyl (C=O) groups is 2. The van der Waals surface area contributed by atoms with Gasteiger partial charge in [0.1, 0.15) is 11.6 Å². The van der Waals surface area contributed by atoms with Crippen LogP contribution in [0.15, 0.2) is 48.5 Å². The van der Waals surface area contributed by atoms with E-state index >= 15 is 0 Å². The average molecular weight is 494 g/mol. The Morgan fingerprint density at radius 2 is 1.61 bits per heavy atom. The Bertz CT molecular complexity index is 1250. The number of hydrogen-bond acceptors (Lipinski definition) is 4. The molecule has 1 saturated heterocycles. The maximum atomic E-state index is 13.6. The van der Waals surface area contributed by atoms with Gasteiger partial charge in [0.05, 0.1) is 6.42 Å². The Kier molecular flexibility index (Phi) is 6.71. The lowest BCUT2D eigenvalue weighted by Gasteiger charge is -2.36. The van der Waals surface area contributed by atoms with E-state index < -0.39 is 11.6 Å². The molecule has 1 fully saturated rings. The summed E-state index contributed by atoms with van der Waals surface area (Å²) in [6.45, 7) is 6.01. The van der Waals surface area contributed by atoms with Crippen molar-refractivity contribution >= 4 is 17.5 Å². The van der Waals surface area contributed by atoms with Crippen LogP contribution in [0.5, 0.6) is 0 Å². The second-order valence-electron chi connectivity index (χ2n) is 9.22. The first-order valence-corrected chi connectivity index (χ1v) is 12.3. The molecule has 0 saturated carbocycles. The summed E-state index contributed by atoms with van der Waals surface area (Å²) < 4.78 is 29.0. The molecule has 2 aliphatic heterocycles. The van der Waals surface area contributed by atoms with Gasteiger partial charge in [0, 0.05) is 75.2 Å². The van der Waals surface area contributed by atoms with Crippen LogP contribution in [0.4, 0.5) is 14.5 Å². The monoisotopic (exact) mass is 493 g/mol. The zero-order chi connectivity index (χ0) is 25.2. The molecule has 0 aliphatic carbocycles. The van der Waals surface area contributed by atoms with Gasteiger partial charge in [-0.05, 0) is 36.8 Å². The van der Waals surface area contributed by atoms with Crippen LogP contribution in [0.25, 0.3) is 0 Å². The van der Waals surface area contributed by atoms with Crippen molar-refractivity contribution in [2.75, 3.05) is 37.6 Å². The zero-order valence-electron chi connectivity index (χ0n) is 20.3. The molecule has 3 aromatic rings. The van der Waals surface area contributed by atoms with Gasteiger partial charge in [-0.1, -0.05) is 18.2 Å². The van der Waals surface area contributed by atoms with Crippen LogP contribution in [-0.4, -0.2) is 64.1 Å². The van der Waals surface area contributed by atoms with Gasteiger partial charge < -0.3 is 14.7 Å². The molecule has 0 radical (unpaired) electrons. The fourth-order valence-corrected chi connectivity index (χ4v) is 5.09. The van der Waals surface area contributed by atoms with E-state index in [1.807, 2.05) is 34.7 Å². The summed E-state index contributed by atoms with van der Waals surface area (Å²) in [5.74, 6) is -1.76. The number of rotatable bonds is 5. The summed E-state index contributed by atoms with van der Waals surface area (Å²) in [6, 6.07) is 13.3. The minimum Gasteiger partial charge on any atom is -0.368 e. The average Bonchev–Trinajstić information content (AvgIpc) is 3.26. The molecule has 9 heteroatoms. The molecule has 1 aromatic heterocycles. The van der Waals surface area contributed by atoms with E-state index in [1.165, 1.54) is 12.1 Å². The predicted molar refractivity (Wildman–Crippen MR) is 132 cm³/mol. The molecule has 36 heavy (non-hydrogen) atoms. The van der Waals surface area contributed by atoms with E-state index in [-0.39, 0.29) is 24.8 Å². The van der Waals surface area contributed by atoms with Crippen LogP contribution in [0.3, 0.4) is 0 Å². The van der Waals surface area contributed by atoms with Crippen LogP contribution >= 0.6 is 0 Å². The van der Waals surface area contributed by atoms with Gasteiger partial charge in [-0.15, -0.1) is 0 Å². The molecule has 2 amide bonds. The van der Waals surface area contributed by atoms with Crippen molar-refractivity contribution in [3.8, 4) is 0 Å². The lowest BCUT2D eigenvalue weighted by atomic mass is 10.0. The maximum absolute atomic E-state index is 13.6. The molecule has 0 spiro atoms. The topological polar surface area (TPSA) is 61.7 Å². The fourth-order valence-electron chi connectivity index (χ4n) is 5.09. The Morgan fingerprint density at radius 1 is 0.917 bits per heavy atom.